The van der Waals surface area contributed by atoms with Gasteiger partial charge in [0.1, 0.15) is 5.02 Å². The van der Waals surface area contributed by atoms with Crippen molar-refractivity contribution in [3.63, 3.8) is 0 Å². The number of carboxylic acids is 1. The first kappa shape index (κ1) is 12.4. The van der Waals surface area contributed by atoms with Crippen molar-refractivity contribution in [3.8, 4) is 0 Å². The quantitative estimate of drug-likeness (QED) is 0.614. The molecule has 0 fully saturated rings. The minimum Gasteiger partial charge on any atom is -0.479 e. The van der Waals surface area contributed by atoms with E-state index in [4.69, 9.17) is 21.8 Å². The normalized spacial score (nSPS) is 12.1. The zero-order valence-electron chi connectivity index (χ0n) is 7.96. The van der Waals surface area contributed by atoms with Crippen LogP contribution in [0.1, 0.15) is 5.56 Å². The molecule has 86 valence electrons. The highest BCUT2D eigenvalue weighted by Gasteiger charge is 2.17. The van der Waals surface area contributed by atoms with Crippen LogP contribution in [0.5, 0.6) is 0 Å². The summed E-state index contributed by atoms with van der Waals surface area (Å²) < 4.78 is 0. The third-order valence-electron chi connectivity index (χ3n) is 1.92. The fraction of sp³-hybridized carbons (Fsp3) is 0.222. The first-order chi connectivity index (χ1) is 7.41. The van der Waals surface area contributed by atoms with Gasteiger partial charge in [-0.25, -0.2) is 4.79 Å². The smallest absolute Gasteiger partial charge is 0.332 e. The van der Waals surface area contributed by atoms with E-state index in [-0.39, 0.29) is 17.1 Å². The van der Waals surface area contributed by atoms with Crippen molar-refractivity contribution < 1.29 is 19.9 Å². The summed E-state index contributed by atoms with van der Waals surface area (Å²) in [6.45, 7) is 0. The number of aliphatic hydroxyl groups excluding tert-OH is 1. The number of carbonyl (C=O) groups is 1. The van der Waals surface area contributed by atoms with Crippen LogP contribution in [0.4, 0.5) is 5.69 Å². The first-order valence-corrected chi connectivity index (χ1v) is 4.63. The van der Waals surface area contributed by atoms with Crippen molar-refractivity contribution in [1.82, 2.24) is 0 Å². The number of nitro benzene ring substituents is 1. The fourth-order valence-electron chi connectivity index (χ4n) is 1.14. The molecule has 16 heavy (non-hydrogen) atoms. The third kappa shape index (κ3) is 2.91. The molecule has 0 aromatic heterocycles. The molecule has 0 bridgehead atoms. The van der Waals surface area contributed by atoms with E-state index in [1.54, 1.807) is 0 Å². The molecule has 2 N–H and O–H groups in total. The van der Waals surface area contributed by atoms with E-state index in [0.717, 1.165) is 0 Å². The number of benzene rings is 1. The molecule has 0 spiro atoms. The monoisotopic (exact) mass is 245 g/mol. The number of carboxylic acid groups (broad SMARTS) is 1. The van der Waals surface area contributed by atoms with Gasteiger partial charge in [-0.2, -0.15) is 0 Å². The molecule has 0 aliphatic carbocycles. The topological polar surface area (TPSA) is 101 Å². The minimum absolute atomic E-state index is 0.0833. The Morgan fingerprint density at radius 3 is 2.62 bits per heavy atom. The molecule has 1 atom stereocenters. The zero-order chi connectivity index (χ0) is 12.3. The van der Waals surface area contributed by atoms with E-state index in [1.807, 2.05) is 0 Å². The molecule has 0 amide bonds. The van der Waals surface area contributed by atoms with Crippen molar-refractivity contribution in [3.05, 3.63) is 38.9 Å². The van der Waals surface area contributed by atoms with E-state index in [0.29, 0.717) is 5.56 Å². The molecular formula is C9H8ClNO5. The van der Waals surface area contributed by atoms with Gasteiger partial charge in [0, 0.05) is 12.5 Å². The third-order valence-corrected chi connectivity index (χ3v) is 2.23. The maximum atomic E-state index is 10.4. The summed E-state index contributed by atoms with van der Waals surface area (Å²) in [5.41, 5.74) is 0.167. The molecule has 1 unspecified atom stereocenters. The number of rotatable bonds is 4. The molecule has 1 aromatic carbocycles. The summed E-state index contributed by atoms with van der Waals surface area (Å²) in [6.07, 6.45) is -1.69. The average molecular weight is 246 g/mol. The van der Waals surface area contributed by atoms with Crippen LogP contribution < -0.4 is 0 Å². The number of aliphatic carboxylic acids is 1. The number of aliphatic hydroxyl groups is 1. The molecule has 0 aliphatic heterocycles. The van der Waals surface area contributed by atoms with Gasteiger partial charge in [0.2, 0.25) is 0 Å². The van der Waals surface area contributed by atoms with E-state index >= 15 is 0 Å². The summed E-state index contributed by atoms with van der Waals surface area (Å²) in [5, 5.41) is 27.9. The molecule has 0 aliphatic rings. The molecular weight excluding hydrogens is 238 g/mol. The highest BCUT2D eigenvalue weighted by molar-refractivity contribution is 6.32. The van der Waals surface area contributed by atoms with Gasteiger partial charge in [-0.15, -0.1) is 0 Å². The number of hydrogen-bond acceptors (Lipinski definition) is 4. The Balaban J connectivity index is 2.89. The molecule has 0 radical (unpaired) electrons. The molecule has 6 nitrogen and oxygen atoms in total. The number of halogens is 1. The van der Waals surface area contributed by atoms with Gasteiger partial charge in [-0.05, 0) is 11.6 Å². The molecule has 1 rings (SSSR count). The average Bonchev–Trinajstić information content (AvgIpc) is 2.16. The van der Waals surface area contributed by atoms with Gasteiger partial charge in [0.25, 0.3) is 5.69 Å². The zero-order valence-corrected chi connectivity index (χ0v) is 8.72. The fourth-order valence-corrected chi connectivity index (χ4v) is 1.41. The van der Waals surface area contributed by atoms with Crippen LogP contribution in [0.15, 0.2) is 18.2 Å². The maximum Gasteiger partial charge on any atom is 0.332 e. The van der Waals surface area contributed by atoms with Crippen LogP contribution in [-0.4, -0.2) is 27.2 Å². The lowest BCUT2D eigenvalue weighted by Crippen LogP contribution is -2.21. The van der Waals surface area contributed by atoms with Gasteiger partial charge in [-0.3, -0.25) is 10.1 Å². The van der Waals surface area contributed by atoms with Crippen LogP contribution in [0.3, 0.4) is 0 Å². The Hall–Kier alpha value is -1.66. The van der Waals surface area contributed by atoms with Gasteiger partial charge >= 0.3 is 5.97 Å². The maximum absolute atomic E-state index is 10.4. The van der Waals surface area contributed by atoms with Crippen LogP contribution >= 0.6 is 11.6 Å². The SMILES string of the molecule is O=C(O)C(O)Cc1ccc([N+](=O)[O-])c(Cl)c1. The summed E-state index contributed by atoms with van der Waals surface area (Å²) in [4.78, 5) is 20.2. The van der Waals surface area contributed by atoms with E-state index < -0.39 is 17.0 Å². The Morgan fingerprint density at radius 1 is 1.56 bits per heavy atom. The highest BCUT2D eigenvalue weighted by atomic mass is 35.5. The predicted octanol–water partition coefficient (Wildman–Crippen LogP) is 1.24. The summed E-state index contributed by atoms with van der Waals surface area (Å²) in [7, 11) is 0. The van der Waals surface area contributed by atoms with Crippen molar-refractivity contribution in [2.75, 3.05) is 0 Å². The minimum atomic E-state index is -1.54. The van der Waals surface area contributed by atoms with Gasteiger partial charge in [-0.1, -0.05) is 17.7 Å². The van der Waals surface area contributed by atoms with E-state index in [9.17, 15) is 14.9 Å². The first-order valence-electron chi connectivity index (χ1n) is 4.25. The van der Waals surface area contributed by atoms with Crippen LogP contribution in [0.2, 0.25) is 5.02 Å². The second kappa shape index (κ2) is 4.91. The lowest BCUT2D eigenvalue weighted by Gasteiger charge is -2.05. The molecule has 1 aromatic rings. The number of nitrogens with zero attached hydrogens (tertiary/aromatic N) is 1. The molecule has 7 heteroatoms. The summed E-state index contributed by atoms with van der Waals surface area (Å²) in [5.74, 6) is -1.35. The van der Waals surface area contributed by atoms with Gasteiger partial charge in [0.05, 0.1) is 4.92 Å². The second-order valence-electron chi connectivity index (χ2n) is 3.10. The van der Waals surface area contributed by atoms with Crippen molar-refractivity contribution >= 4 is 23.3 Å². The lowest BCUT2D eigenvalue weighted by atomic mass is 10.1. The van der Waals surface area contributed by atoms with Crippen molar-refractivity contribution in [2.24, 2.45) is 0 Å². The van der Waals surface area contributed by atoms with E-state index in [1.165, 1.54) is 18.2 Å². The second-order valence-corrected chi connectivity index (χ2v) is 3.51. The number of hydrogen-bond donors (Lipinski definition) is 2. The predicted molar refractivity (Wildman–Crippen MR) is 55.5 cm³/mol. The van der Waals surface area contributed by atoms with Gasteiger partial charge in [0.15, 0.2) is 6.10 Å². The largest absolute Gasteiger partial charge is 0.479 e. The molecule has 0 saturated heterocycles. The van der Waals surface area contributed by atoms with Crippen LogP contribution in [0, 0.1) is 10.1 Å². The Bertz CT molecular complexity index is 434. The van der Waals surface area contributed by atoms with Crippen molar-refractivity contribution in [1.29, 1.82) is 0 Å². The Morgan fingerprint density at radius 2 is 2.19 bits per heavy atom. The highest BCUT2D eigenvalue weighted by Crippen LogP contribution is 2.25. The van der Waals surface area contributed by atoms with Gasteiger partial charge < -0.3 is 10.2 Å². The van der Waals surface area contributed by atoms with Crippen molar-refractivity contribution in [2.45, 2.75) is 12.5 Å². The lowest BCUT2D eigenvalue weighted by molar-refractivity contribution is -0.384. The Kier molecular flexibility index (Phi) is 3.81. The number of nitro groups is 1. The Labute approximate surface area is 95.2 Å². The summed E-state index contributed by atoms with van der Waals surface area (Å²) >= 11 is 5.62. The van der Waals surface area contributed by atoms with E-state index in [2.05, 4.69) is 0 Å². The summed E-state index contributed by atoms with van der Waals surface area (Å²) in [6, 6.07) is 3.80. The van der Waals surface area contributed by atoms with Crippen LogP contribution in [-0.2, 0) is 11.2 Å². The molecule has 0 heterocycles. The van der Waals surface area contributed by atoms with Crippen LogP contribution in [0.25, 0.3) is 0 Å². The molecule has 0 saturated carbocycles. The standard InChI is InChI=1S/C9H8ClNO5/c10-6-3-5(4-8(12)9(13)14)1-2-7(6)11(15)16/h1-3,8,12H,4H2,(H,13,14).